The second kappa shape index (κ2) is 7.40. The van der Waals surface area contributed by atoms with E-state index in [1.807, 2.05) is 43.3 Å². The number of amides is 2. The zero-order valence-electron chi connectivity index (χ0n) is 11.0. The van der Waals surface area contributed by atoms with Gasteiger partial charge in [0.05, 0.1) is 6.21 Å². The van der Waals surface area contributed by atoms with Crippen LogP contribution in [0.15, 0.2) is 52.0 Å². The van der Waals surface area contributed by atoms with Crippen molar-refractivity contribution in [1.82, 2.24) is 10.1 Å². The maximum Gasteiger partial charge on any atom is 0.345 e. The van der Waals surface area contributed by atoms with E-state index in [1.54, 1.807) is 6.07 Å². The standard InChI is InChI=1S/C14H15N3O2S/c1-2-20-17-14(18)16-15-10-12-8-9-13(19-12)11-6-4-3-5-7-11/h3-10H,2H2,1H3,(H2,16,17,18)/b15-10+. The molecular formula is C14H15N3O2S. The minimum Gasteiger partial charge on any atom is -0.455 e. The second-order valence-corrected chi connectivity index (χ2v) is 4.87. The Morgan fingerprint density at radius 2 is 2.10 bits per heavy atom. The fourth-order valence-electron chi connectivity index (χ4n) is 1.49. The molecule has 20 heavy (non-hydrogen) atoms. The van der Waals surface area contributed by atoms with Crippen molar-refractivity contribution in [3.05, 3.63) is 48.2 Å². The molecule has 1 aromatic heterocycles. The Kier molecular flexibility index (Phi) is 5.25. The number of nitrogens with zero attached hydrogens (tertiary/aromatic N) is 1. The lowest BCUT2D eigenvalue weighted by atomic mass is 10.2. The normalized spacial score (nSPS) is 10.7. The van der Waals surface area contributed by atoms with Crippen LogP contribution in [0, 0.1) is 0 Å². The molecule has 0 spiro atoms. The van der Waals surface area contributed by atoms with Crippen LogP contribution in [0.3, 0.4) is 0 Å². The second-order valence-electron chi connectivity index (χ2n) is 3.80. The van der Waals surface area contributed by atoms with Gasteiger partial charge in [0.15, 0.2) is 0 Å². The summed E-state index contributed by atoms with van der Waals surface area (Å²) in [6.07, 6.45) is 1.46. The van der Waals surface area contributed by atoms with Crippen molar-refractivity contribution in [1.29, 1.82) is 0 Å². The van der Waals surface area contributed by atoms with Crippen molar-refractivity contribution in [2.75, 3.05) is 5.75 Å². The molecule has 0 aliphatic heterocycles. The largest absolute Gasteiger partial charge is 0.455 e. The van der Waals surface area contributed by atoms with Crippen LogP contribution in [0.4, 0.5) is 4.79 Å². The number of rotatable bonds is 5. The topological polar surface area (TPSA) is 66.6 Å². The Bertz CT molecular complexity index is 581. The highest BCUT2D eigenvalue weighted by atomic mass is 32.2. The van der Waals surface area contributed by atoms with Gasteiger partial charge < -0.3 is 4.42 Å². The summed E-state index contributed by atoms with van der Waals surface area (Å²) in [6.45, 7) is 1.95. The monoisotopic (exact) mass is 289 g/mol. The van der Waals surface area contributed by atoms with E-state index in [9.17, 15) is 4.79 Å². The average molecular weight is 289 g/mol. The van der Waals surface area contributed by atoms with Crippen molar-refractivity contribution >= 4 is 24.2 Å². The van der Waals surface area contributed by atoms with E-state index in [4.69, 9.17) is 4.42 Å². The summed E-state index contributed by atoms with van der Waals surface area (Å²) in [5.41, 5.74) is 3.35. The van der Waals surface area contributed by atoms with Crippen molar-refractivity contribution in [2.45, 2.75) is 6.92 Å². The first-order valence-corrected chi connectivity index (χ1v) is 7.14. The Morgan fingerprint density at radius 1 is 1.30 bits per heavy atom. The lowest BCUT2D eigenvalue weighted by molar-refractivity contribution is 0.247. The van der Waals surface area contributed by atoms with Gasteiger partial charge >= 0.3 is 6.03 Å². The van der Waals surface area contributed by atoms with Crippen LogP contribution in [-0.4, -0.2) is 18.0 Å². The number of carbonyl (C=O) groups is 1. The van der Waals surface area contributed by atoms with E-state index in [2.05, 4.69) is 15.2 Å². The summed E-state index contributed by atoms with van der Waals surface area (Å²) in [6, 6.07) is 13.1. The zero-order chi connectivity index (χ0) is 14.2. The molecular weight excluding hydrogens is 274 g/mol. The lowest BCUT2D eigenvalue weighted by Crippen LogP contribution is -2.27. The van der Waals surface area contributed by atoms with Crippen LogP contribution in [0.5, 0.6) is 0 Å². The predicted octanol–water partition coefficient (Wildman–Crippen LogP) is 3.25. The van der Waals surface area contributed by atoms with Gasteiger partial charge in [0, 0.05) is 11.3 Å². The zero-order valence-corrected chi connectivity index (χ0v) is 11.8. The smallest absolute Gasteiger partial charge is 0.345 e. The van der Waals surface area contributed by atoms with Crippen molar-refractivity contribution in [2.24, 2.45) is 5.10 Å². The number of urea groups is 1. The van der Waals surface area contributed by atoms with E-state index < -0.39 is 0 Å². The molecule has 2 aromatic rings. The third-order valence-electron chi connectivity index (χ3n) is 2.35. The molecule has 0 fully saturated rings. The molecule has 0 aliphatic rings. The van der Waals surface area contributed by atoms with Gasteiger partial charge in [-0.3, -0.25) is 4.72 Å². The van der Waals surface area contributed by atoms with Crippen LogP contribution in [0.2, 0.25) is 0 Å². The molecule has 2 N–H and O–H groups in total. The molecule has 1 heterocycles. The van der Waals surface area contributed by atoms with Crippen LogP contribution >= 0.6 is 11.9 Å². The number of benzene rings is 1. The Morgan fingerprint density at radius 3 is 2.85 bits per heavy atom. The fraction of sp³-hybridized carbons (Fsp3) is 0.143. The van der Waals surface area contributed by atoms with Crippen LogP contribution in [-0.2, 0) is 0 Å². The van der Waals surface area contributed by atoms with Crippen molar-refractivity contribution < 1.29 is 9.21 Å². The van der Waals surface area contributed by atoms with Crippen LogP contribution in [0.1, 0.15) is 12.7 Å². The first kappa shape index (κ1) is 14.2. The van der Waals surface area contributed by atoms with E-state index in [1.165, 1.54) is 18.2 Å². The number of carbonyl (C=O) groups excluding carboxylic acids is 1. The van der Waals surface area contributed by atoms with Crippen LogP contribution < -0.4 is 10.1 Å². The summed E-state index contributed by atoms with van der Waals surface area (Å²) < 4.78 is 8.18. The summed E-state index contributed by atoms with van der Waals surface area (Å²) >= 11 is 1.30. The van der Waals surface area contributed by atoms with E-state index in [0.717, 1.165) is 17.1 Å². The quantitative estimate of drug-likeness (QED) is 0.504. The van der Waals surface area contributed by atoms with E-state index in [0.29, 0.717) is 5.76 Å². The molecule has 2 rings (SSSR count). The van der Waals surface area contributed by atoms with Gasteiger partial charge in [-0.1, -0.05) is 37.3 Å². The number of hydrogen-bond acceptors (Lipinski definition) is 4. The SMILES string of the molecule is CCSNC(=O)N/N=C/c1ccc(-c2ccccc2)o1. The molecule has 0 atom stereocenters. The Hall–Kier alpha value is -2.21. The fourth-order valence-corrected chi connectivity index (χ4v) is 1.82. The van der Waals surface area contributed by atoms with Gasteiger partial charge in [0.1, 0.15) is 11.5 Å². The van der Waals surface area contributed by atoms with Gasteiger partial charge in [-0.2, -0.15) is 5.10 Å². The number of furan rings is 1. The minimum absolute atomic E-state index is 0.358. The van der Waals surface area contributed by atoms with E-state index in [-0.39, 0.29) is 6.03 Å². The predicted molar refractivity (Wildman–Crippen MR) is 81.5 cm³/mol. The Labute approximate surface area is 121 Å². The van der Waals surface area contributed by atoms with Gasteiger partial charge in [-0.25, -0.2) is 10.2 Å². The molecule has 0 bridgehead atoms. The molecule has 0 saturated carbocycles. The minimum atomic E-state index is -0.358. The third kappa shape index (κ3) is 4.17. The first-order chi connectivity index (χ1) is 9.79. The Balaban J connectivity index is 1.91. The van der Waals surface area contributed by atoms with Gasteiger partial charge in [-0.05, 0) is 24.1 Å². The molecule has 0 radical (unpaired) electrons. The highest BCUT2D eigenvalue weighted by Crippen LogP contribution is 2.20. The molecule has 2 amide bonds. The summed E-state index contributed by atoms with van der Waals surface area (Å²) in [4.78, 5) is 11.2. The summed E-state index contributed by atoms with van der Waals surface area (Å²) in [5, 5.41) is 3.81. The van der Waals surface area contributed by atoms with Crippen LogP contribution in [0.25, 0.3) is 11.3 Å². The molecule has 0 saturated heterocycles. The highest BCUT2D eigenvalue weighted by Gasteiger charge is 2.02. The van der Waals surface area contributed by atoms with E-state index >= 15 is 0 Å². The number of hydrazone groups is 1. The van der Waals surface area contributed by atoms with Gasteiger partial charge in [-0.15, -0.1) is 0 Å². The highest BCUT2D eigenvalue weighted by molar-refractivity contribution is 7.97. The lowest BCUT2D eigenvalue weighted by Gasteiger charge is -1.99. The van der Waals surface area contributed by atoms with Crippen molar-refractivity contribution in [3.63, 3.8) is 0 Å². The average Bonchev–Trinajstić information content (AvgIpc) is 2.95. The van der Waals surface area contributed by atoms with Crippen molar-refractivity contribution in [3.8, 4) is 11.3 Å². The molecule has 1 aromatic carbocycles. The molecule has 0 unspecified atom stereocenters. The maximum atomic E-state index is 11.2. The van der Waals surface area contributed by atoms with Gasteiger partial charge in [0.2, 0.25) is 0 Å². The molecule has 5 nitrogen and oxygen atoms in total. The third-order valence-corrected chi connectivity index (χ3v) is 2.97. The van der Waals surface area contributed by atoms with Gasteiger partial charge in [0.25, 0.3) is 0 Å². The first-order valence-electron chi connectivity index (χ1n) is 6.15. The maximum absolute atomic E-state index is 11.2. The summed E-state index contributed by atoms with van der Waals surface area (Å²) in [5.74, 6) is 2.14. The molecule has 6 heteroatoms. The number of hydrogen-bond donors (Lipinski definition) is 2. The number of nitrogens with one attached hydrogen (secondary N) is 2. The molecule has 0 aliphatic carbocycles. The summed E-state index contributed by atoms with van der Waals surface area (Å²) in [7, 11) is 0. The molecule has 104 valence electrons.